The molecule has 3 nitrogen and oxygen atoms in total. The molecule has 2 aliphatic carbocycles. The van der Waals surface area contributed by atoms with Crippen LogP contribution in [0.1, 0.15) is 28.2 Å². The second-order valence-electron chi connectivity index (χ2n) is 11.2. The monoisotopic (exact) mass is 551 g/mol. The molecule has 0 bridgehead atoms. The Kier molecular flexibility index (Phi) is 6.15. The van der Waals surface area contributed by atoms with Crippen molar-refractivity contribution >= 4 is 0 Å². The lowest BCUT2D eigenvalue weighted by Gasteiger charge is -2.38. The normalized spacial score (nSPS) is 17.8. The molecule has 0 N–H and O–H groups in total. The molecule has 0 saturated carbocycles. The third-order valence-corrected chi connectivity index (χ3v) is 8.99. The van der Waals surface area contributed by atoms with Crippen molar-refractivity contribution in [3.8, 4) is 33.9 Å². The highest BCUT2D eigenvalue weighted by molar-refractivity contribution is 5.78. The van der Waals surface area contributed by atoms with Gasteiger partial charge in [0.1, 0.15) is 6.33 Å². The van der Waals surface area contributed by atoms with E-state index in [4.69, 9.17) is 4.98 Å². The molecule has 6 aromatic rings. The molecular weight excluding hydrogens is 522 g/mol. The SMILES string of the molecule is C1=CC2c3c(-c4cccc(-c5ncnc(-c6ccccc6)n5)c4)cccc3C(c3ccccc3)(c3ccccc3)C2C=C1. The Balaban J connectivity index is 1.32. The number of benzene rings is 5. The predicted molar refractivity (Wildman–Crippen MR) is 173 cm³/mol. The summed E-state index contributed by atoms with van der Waals surface area (Å²) in [5, 5.41) is 0. The Labute approximate surface area is 252 Å². The average Bonchev–Trinajstić information content (AvgIpc) is 3.41. The van der Waals surface area contributed by atoms with Gasteiger partial charge in [0.05, 0.1) is 5.41 Å². The Morgan fingerprint density at radius 1 is 0.512 bits per heavy atom. The standard InChI is InChI=1S/C40H29N3/c1-4-14-28(15-5-1)38-41-27-42-39(43-38)30-17-12-16-29(26-30)33-23-13-25-36-37(33)34-22-10-11-24-35(34)40(36,31-18-6-2-7-19-31)32-20-8-3-9-21-32/h1-27,34-35H. The van der Waals surface area contributed by atoms with E-state index in [2.05, 4.69) is 137 Å². The fraction of sp³-hybridized carbons (Fsp3) is 0.0750. The lowest BCUT2D eigenvalue weighted by atomic mass is 9.63. The number of aromatic nitrogens is 3. The molecule has 0 aliphatic heterocycles. The van der Waals surface area contributed by atoms with E-state index in [0.29, 0.717) is 11.6 Å². The van der Waals surface area contributed by atoms with Gasteiger partial charge in [-0.15, -0.1) is 0 Å². The lowest BCUT2D eigenvalue weighted by molar-refractivity contribution is 0.457. The molecular formula is C40H29N3. The lowest BCUT2D eigenvalue weighted by Crippen LogP contribution is -2.34. The van der Waals surface area contributed by atoms with Crippen LogP contribution < -0.4 is 0 Å². The molecule has 5 aromatic carbocycles. The van der Waals surface area contributed by atoms with Crippen LogP contribution in [0.25, 0.3) is 33.9 Å². The van der Waals surface area contributed by atoms with Crippen LogP contribution in [0.15, 0.2) is 164 Å². The van der Waals surface area contributed by atoms with E-state index in [9.17, 15) is 0 Å². The summed E-state index contributed by atoms with van der Waals surface area (Å²) in [6, 6.07) is 47.6. The summed E-state index contributed by atoms with van der Waals surface area (Å²) >= 11 is 0. The highest BCUT2D eigenvalue weighted by Gasteiger charge is 2.53. The second-order valence-corrected chi connectivity index (χ2v) is 11.2. The number of hydrogen-bond donors (Lipinski definition) is 0. The topological polar surface area (TPSA) is 38.7 Å². The molecule has 0 spiro atoms. The van der Waals surface area contributed by atoms with Crippen LogP contribution in [0.5, 0.6) is 0 Å². The minimum atomic E-state index is -0.309. The van der Waals surface area contributed by atoms with Gasteiger partial charge in [-0.1, -0.05) is 152 Å². The molecule has 1 aromatic heterocycles. The van der Waals surface area contributed by atoms with Gasteiger partial charge < -0.3 is 0 Å². The predicted octanol–water partition coefficient (Wildman–Crippen LogP) is 9.05. The minimum absolute atomic E-state index is 0.238. The van der Waals surface area contributed by atoms with Gasteiger partial charge in [-0.05, 0) is 39.4 Å². The van der Waals surface area contributed by atoms with E-state index < -0.39 is 0 Å². The van der Waals surface area contributed by atoms with Gasteiger partial charge in [-0.2, -0.15) is 0 Å². The maximum atomic E-state index is 4.85. The van der Waals surface area contributed by atoms with E-state index in [1.165, 1.54) is 27.8 Å². The van der Waals surface area contributed by atoms with Crippen LogP contribution in [0.2, 0.25) is 0 Å². The summed E-state index contributed by atoms with van der Waals surface area (Å²) in [4.78, 5) is 13.9. The second kappa shape index (κ2) is 10.5. The van der Waals surface area contributed by atoms with Gasteiger partial charge in [-0.25, -0.2) is 15.0 Å². The zero-order valence-electron chi connectivity index (χ0n) is 23.6. The van der Waals surface area contributed by atoms with Crippen molar-refractivity contribution in [2.24, 2.45) is 5.92 Å². The molecule has 0 amide bonds. The van der Waals surface area contributed by atoms with Gasteiger partial charge in [0.2, 0.25) is 0 Å². The summed E-state index contributed by atoms with van der Waals surface area (Å²) < 4.78 is 0. The summed E-state index contributed by atoms with van der Waals surface area (Å²) in [6.45, 7) is 0. The molecule has 43 heavy (non-hydrogen) atoms. The Morgan fingerprint density at radius 3 is 1.81 bits per heavy atom. The zero-order valence-corrected chi connectivity index (χ0v) is 23.6. The number of hydrogen-bond acceptors (Lipinski definition) is 3. The highest BCUT2D eigenvalue weighted by atomic mass is 15.0. The molecule has 2 atom stereocenters. The van der Waals surface area contributed by atoms with Crippen molar-refractivity contribution in [3.63, 3.8) is 0 Å². The molecule has 2 aliphatic rings. The van der Waals surface area contributed by atoms with Crippen molar-refractivity contribution in [3.05, 3.63) is 186 Å². The van der Waals surface area contributed by atoms with Crippen molar-refractivity contribution in [1.29, 1.82) is 0 Å². The van der Waals surface area contributed by atoms with Crippen LogP contribution in [-0.2, 0) is 5.41 Å². The molecule has 0 radical (unpaired) electrons. The van der Waals surface area contributed by atoms with E-state index >= 15 is 0 Å². The van der Waals surface area contributed by atoms with E-state index in [1.54, 1.807) is 6.33 Å². The molecule has 3 heteroatoms. The molecule has 0 fully saturated rings. The summed E-state index contributed by atoms with van der Waals surface area (Å²) in [5.74, 6) is 1.83. The number of allylic oxidation sites excluding steroid dienone is 4. The zero-order chi connectivity index (χ0) is 28.6. The van der Waals surface area contributed by atoms with Crippen LogP contribution >= 0.6 is 0 Å². The van der Waals surface area contributed by atoms with Crippen molar-refractivity contribution in [1.82, 2.24) is 15.0 Å². The van der Waals surface area contributed by atoms with Crippen molar-refractivity contribution < 1.29 is 0 Å². The van der Waals surface area contributed by atoms with E-state index in [1.807, 2.05) is 30.3 Å². The van der Waals surface area contributed by atoms with Crippen molar-refractivity contribution in [2.75, 3.05) is 0 Å². The quantitative estimate of drug-likeness (QED) is 0.215. The van der Waals surface area contributed by atoms with Crippen LogP contribution in [0, 0.1) is 5.92 Å². The van der Waals surface area contributed by atoms with Crippen LogP contribution in [0.4, 0.5) is 0 Å². The number of nitrogens with zero attached hydrogens (tertiary/aromatic N) is 3. The maximum absolute atomic E-state index is 4.85. The van der Waals surface area contributed by atoms with Gasteiger partial charge >= 0.3 is 0 Å². The highest BCUT2D eigenvalue weighted by Crippen LogP contribution is 2.61. The summed E-state index contributed by atoms with van der Waals surface area (Å²) in [5.41, 5.74) is 9.44. The first-order chi connectivity index (χ1) is 21.3. The van der Waals surface area contributed by atoms with Gasteiger partial charge in [0.25, 0.3) is 0 Å². The maximum Gasteiger partial charge on any atom is 0.163 e. The van der Waals surface area contributed by atoms with Crippen LogP contribution in [-0.4, -0.2) is 15.0 Å². The van der Waals surface area contributed by atoms with Crippen molar-refractivity contribution in [2.45, 2.75) is 11.3 Å². The Bertz CT molecular complexity index is 1940. The molecule has 204 valence electrons. The van der Waals surface area contributed by atoms with E-state index in [-0.39, 0.29) is 17.3 Å². The smallest absolute Gasteiger partial charge is 0.163 e. The first kappa shape index (κ1) is 25.3. The first-order valence-corrected chi connectivity index (χ1v) is 14.8. The summed E-state index contributed by atoms with van der Waals surface area (Å²) in [6.07, 6.45) is 10.8. The largest absolute Gasteiger partial charge is 0.217 e. The molecule has 0 saturated heterocycles. The Morgan fingerprint density at radius 2 is 1.09 bits per heavy atom. The molecule has 2 unspecified atom stereocenters. The third kappa shape index (κ3) is 4.08. The summed E-state index contributed by atoms with van der Waals surface area (Å²) in [7, 11) is 0. The molecule has 8 rings (SSSR count). The minimum Gasteiger partial charge on any atom is -0.217 e. The van der Waals surface area contributed by atoms with Gasteiger partial charge in [0.15, 0.2) is 11.6 Å². The number of fused-ring (bicyclic) bond motifs is 3. The fourth-order valence-electron chi connectivity index (χ4n) is 7.25. The average molecular weight is 552 g/mol. The van der Waals surface area contributed by atoms with Gasteiger partial charge in [0, 0.05) is 23.0 Å². The Hall–Kier alpha value is -5.41. The van der Waals surface area contributed by atoms with Crippen LogP contribution in [0.3, 0.4) is 0 Å². The first-order valence-electron chi connectivity index (χ1n) is 14.8. The fourth-order valence-corrected chi connectivity index (χ4v) is 7.25. The molecule has 1 heterocycles. The van der Waals surface area contributed by atoms with E-state index in [0.717, 1.165) is 16.7 Å². The van der Waals surface area contributed by atoms with Gasteiger partial charge in [-0.3, -0.25) is 0 Å². The third-order valence-electron chi connectivity index (χ3n) is 8.99. The number of rotatable bonds is 5.